The molecule has 1 aliphatic heterocycles. The number of rotatable bonds is 0. The van der Waals surface area contributed by atoms with Crippen LogP contribution in [0.1, 0.15) is 22.3 Å². The van der Waals surface area contributed by atoms with Gasteiger partial charge in [0.2, 0.25) is 0 Å². The summed E-state index contributed by atoms with van der Waals surface area (Å²) in [7, 11) is 0. The van der Waals surface area contributed by atoms with Crippen LogP contribution in [0, 0.1) is 0 Å². The van der Waals surface area contributed by atoms with Gasteiger partial charge in [0.15, 0.2) is 0 Å². The number of hydrogen-bond acceptors (Lipinski definition) is 1. The lowest BCUT2D eigenvalue weighted by molar-refractivity contribution is 0.597. The third-order valence-electron chi connectivity index (χ3n) is 3.49. The predicted octanol–water partition coefficient (Wildman–Crippen LogP) is 3.09. The molecule has 1 heterocycles. The van der Waals surface area contributed by atoms with Crippen molar-refractivity contribution in [1.82, 2.24) is 0 Å². The maximum atomic E-state index is 11.7. The van der Waals surface area contributed by atoms with Crippen LogP contribution in [0.4, 0.5) is 0 Å². The predicted molar refractivity (Wildman–Crippen MR) is 68.4 cm³/mol. The maximum absolute atomic E-state index is 11.7. The van der Waals surface area contributed by atoms with Crippen LogP contribution in [0.3, 0.4) is 0 Å². The molecule has 4 rings (SSSR count). The van der Waals surface area contributed by atoms with E-state index in [2.05, 4.69) is 36.4 Å². The Bertz CT molecular complexity index is 643. The van der Waals surface area contributed by atoms with Crippen molar-refractivity contribution < 1.29 is 4.55 Å². The quantitative estimate of drug-likeness (QED) is 0.540. The van der Waals surface area contributed by atoms with Crippen molar-refractivity contribution >= 4 is 34.1 Å². The average molecular weight is 226 g/mol. The van der Waals surface area contributed by atoms with Gasteiger partial charge in [0, 0.05) is 11.1 Å². The van der Waals surface area contributed by atoms with Gasteiger partial charge in [0.1, 0.15) is 11.5 Å². The van der Waals surface area contributed by atoms with E-state index in [1.54, 1.807) is 0 Å². The first-order valence-corrected chi connectivity index (χ1v) is 6.92. The van der Waals surface area contributed by atoms with E-state index >= 15 is 0 Å². The summed E-state index contributed by atoms with van der Waals surface area (Å²) in [5.74, 6) is 1.47. The van der Waals surface area contributed by atoms with E-state index in [0.29, 0.717) is 0 Å². The Balaban J connectivity index is 2.17. The monoisotopic (exact) mass is 226 g/mol. The minimum absolute atomic E-state index is 0.690. The molecule has 78 valence electrons. The number of benzene rings is 2. The molecule has 0 saturated heterocycles. The second kappa shape index (κ2) is 2.90. The Labute approximate surface area is 97.0 Å². The molecule has 1 atom stereocenters. The van der Waals surface area contributed by atoms with Crippen molar-refractivity contribution in [2.75, 3.05) is 0 Å². The van der Waals surface area contributed by atoms with Crippen LogP contribution >= 0.6 is 0 Å². The van der Waals surface area contributed by atoms with E-state index in [0.717, 1.165) is 11.5 Å². The Morgan fingerprint density at radius 3 is 3.00 bits per heavy atom. The number of hydrogen-bond donors (Lipinski definition) is 0. The van der Waals surface area contributed by atoms with E-state index < -0.39 is 11.2 Å². The molecule has 0 saturated carbocycles. The zero-order chi connectivity index (χ0) is 10.7. The summed E-state index contributed by atoms with van der Waals surface area (Å²) in [6.45, 7) is 0. The lowest BCUT2D eigenvalue weighted by atomic mass is 9.96. The molecular formula is C14H10OS. The van der Waals surface area contributed by atoms with Crippen molar-refractivity contribution in [3.05, 3.63) is 46.5 Å². The summed E-state index contributed by atoms with van der Waals surface area (Å²) in [6.07, 6.45) is 4.35. The van der Waals surface area contributed by atoms with E-state index in [-0.39, 0.29) is 0 Å². The van der Waals surface area contributed by atoms with Crippen molar-refractivity contribution in [1.29, 1.82) is 0 Å². The molecule has 1 aliphatic carbocycles. The van der Waals surface area contributed by atoms with Gasteiger partial charge >= 0.3 is 0 Å². The lowest BCUT2D eigenvalue weighted by Crippen LogP contribution is -1.95. The van der Waals surface area contributed by atoms with Gasteiger partial charge < -0.3 is 4.55 Å². The van der Waals surface area contributed by atoms with Crippen LogP contribution in [-0.2, 0) is 22.7 Å². The molecule has 0 aromatic heterocycles. The Kier molecular flexibility index (Phi) is 1.61. The van der Waals surface area contributed by atoms with Gasteiger partial charge in [-0.3, -0.25) is 0 Å². The normalized spacial score (nSPS) is 20.7. The van der Waals surface area contributed by atoms with E-state index in [1.165, 1.54) is 33.0 Å². The largest absolute Gasteiger partial charge is 0.616 e. The molecule has 16 heavy (non-hydrogen) atoms. The standard InChI is InChI=1S/C14H10OS/c15-16-7-11-6-10-3-1-2-9-4-5-12(14(9)10)13(11)8-16/h1-6H,7-8H2. The van der Waals surface area contributed by atoms with E-state index in [4.69, 9.17) is 0 Å². The topological polar surface area (TPSA) is 23.1 Å². The van der Waals surface area contributed by atoms with Gasteiger partial charge in [0.05, 0.1) is 0 Å². The van der Waals surface area contributed by atoms with Crippen molar-refractivity contribution in [2.24, 2.45) is 0 Å². The maximum Gasteiger partial charge on any atom is 0.132 e. The van der Waals surface area contributed by atoms with Gasteiger partial charge in [-0.05, 0) is 39.1 Å². The minimum Gasteiger partial charge on any atom is -0.616 e. The molecule has 0 fully saturated rings. The Hall–Kier alpha value is -1.25. The highest BCUT2D eigenvalue weighted by Gasteiger charge is 2.27. The van der Waals surface area contributed by atoms with Crippen LogP contribution in [0.15, 0.2) is 24.3 Å². The molecule has 0 radical (unpaired) electrons. The first-order valence-electron chi connectivity index (χ1n) is 5.43. The van der Waals surface area contributed by atoms with Crippen molar-refractivity contribution in [3.63, 3.8) is 0 Å². The van der Waals surface area contributed by atoms with Gasteiger partial charge in [0.25, 0.3) is 0 Å². The molecule has 1 nitrogen and oxygen atoms in total. The summed E-state index contributed by atoms with van der Waals surface area (Å²) in [5, 5.41) is 2.63. The third-order valence-corrected chi connectivity index (χ3v) is 4.74. The Morgan fingerprint density at radius 2 is 2.06 bits per heavy atom. The zero-order valence-electron chi connectivity index (χ0n) is 8.69. The van der Waals surface area contributed by atoms with Gasteiger partial charge in [-0.1, -0.05) is 30.4 Å². The SMILES string of the molecule is [O-][S+]1Cc2cc3cccc4c3c(c2C1)C=C4. The molecule has 0 bridgehead atoms. The van der Waals surface area contributed by atoms with E-state index in [9.17, 15) is 4.55 Å². The molecule has 2 aliphatic rings. The van der Waals surface area contributed by atoms with E-state index in [1.807, 2.05) is 0 Å². The van der Waals surface area contributed by atoms with Crippen molar-refractivity contribution in [3.8, 4) is 0 Å². The fourth-order valence-corrected chi connectivity index (χ4v) is 4.17. The van der Waals surface area contributed by atoms with Crippen molar-refractivity contribution in [2.45, 2.75) is 11.5 Å². The van der Waals surface area contributed by atoms with Crippen LogP contribution < -0.4 is 0 Å². The second-order valence-corrected chi connectivity index (χ2v) is 5.89. The fraction of sp³-hybridized carbons (Fsp3) is 0.143. The van der Waals surface area contributed by atoms with Crippen LogP contribution in [0.5, 0.6) is 0 Å². The molecule has 2 heteroatoms. The van der Waals surface area contributed by atoms with Gasteiger partial charge in [-0.15, -0.1) is 0 Å². The highest BCUT2D eigenvalue weighted by Crippen LogP contribution is 2.39. The first-order chi connectivity index (χ1) is 7.83. The highest BCUT2D eigenvalue weighted by atomic mass is 32.2. The summed E-state index contributed by atoms with van der Waals surface area (Å²) < 4.78 is 11.7. The average Bonchev–Trinajstić information content (AvgIpc) is 2.83. The third kappa shape index (κ3) is 1.01. The summed E-state index contributed by atoms with van der Waals surface area (Å²) >= 11 is -0.690. The molecular weight excluding hydrogens is 216 g/mol. The molecule has 1 unspecified atom stereocenters. The highest BCUT2D eigenvalue weighted by molar-refractivity contribution is 7.90. The minimum atomic E-state index is -0.690. The van der Waals surface area contributed by atoms with Crippen LogP contribution in [-0.4, -0.2) is 4.55 Å². The second-order valence-electron chi connectivity index (χ2n) is 4.44. The first kappa shape index (κ1) is 8.85. The zero-order valence-corrected chi connectivity index (χ0v) is 9.51. The summed E-state index contributed by atoms with van der Waals surface area (Å²) in [4.78, 5) is 0. The van der Waals surface area contributed by atoms with Crippen LogP contribution in [0.2, 0.25) is 0 Å². The fourth-order valence-electron chi connectivity index (χ4n) is 2.80. The lowest BCUT2D eigenvalue weighted by Gasteiger charge is -2.05. The molecule has 2 aromatic carbocycles. The summed E-state index contributed by atoms with van der Waals surface area (Å²) in [5.41, 5.74) is 5.21. The molecule has 0 spiro atoms. The molecule has 2 aromatic rings. The van der Waals surface area contributed by atoms with Gasteiger partial charge in [-0.2, -0.15) is 0 Å². The van der Waals surface area contributed by atoms with Gasteiger partial charge in [-0.25, -0.2) is 0 Å². The smallest absolute Gasteiger partial charge is 0.132 e. The molecule has 0 N–H and O–H groups in total. The number of fused-ring (bicyclic) bond motifs is 2. The molecule has 0 amide bonds. The Morgan fingerprint density at radius 1 is 1.12 bits per heavy atom. The summed E-state index contributed by atoms with van der Waals surface area (Å²) in [6, 6.07) is 8.61. The van der Waals surface area contributed by atoms with Crippen LogP contribution in [0.25, 0.3) is 22.9 Å².